The van der Waals surface area contributed by atoms with Crippen molar-refractivity contribution in [1.82, 2.24) is 10.2 Å². The normalized spacial score (nSPS) is 22.7. The maximum absolute atomic E-state index is 9.58. The van der Waals surface area contributed by atoms with Crippen molar-refractivity contribution in [2.24, 2.45) is 5.92 Å². The van der Waals surface area contributed by atoms with Crippen molar-refractivity contribution in [3.05, 3.63) is 0 Å². The molecule has 1 unspecified atom stereocenters. The number of hydrogen-bond donors (Lipinski definition) is 2. The molecule has 112 valence electrons. The van der Waals surface area contributed by atoms with Crippen molar-refractivity contribution < 1.29 is 5.11 Å². The van der Waals surface area contributed by atoms with Gasteiger partial charge in [-0.05, 0) is 70.9 Å². The molecule has 0 amide bonds. The van der Waals surface area contributed by atoms with Crippen LogP contribution in [-0.4, -0.2) is 47.8 Å². The first kappa shape index (κ1) is 15.3. The fourth-order valence-corrected chi connectivity index (χ4v) is 2.82. The van der Waals surface area contributed by atoms with Crippen LogP contribution in [0.15, 0.2) is 0 Å². The summed E-state index contributed by atoms with van der Waals surface area (Å²) in [6, 6.07) is 0.893. The minimum atomic E-state index is -0.0786. The molecule has 0 aliphatic heterocycles. The summed E-state index contributed by atoms with van der Waals surface area (Å²) in [5.41, 5.74) is -0.0786. The third kappa shape index (κ3) is 5.41. The lowest BCUT2D eigenvalue weighted by molar-refractivity contribution is 0.154. The van der Waals surface area contributed by atoms with Crippen LogP contribution in [0.5, 0.6) is 0 Å². The molecule has 2 N–H and O–H groups in total. The topological polar surface area (TPSA) is 35.5 Å². The minimum absolute atomic E-state index is 0.0786. The Labute approximate surface area is 118 Å². The van der Waals surface area contributed by atoms with Crippen molar-refractivity contribution in [1.29, 1.82) is 0 Å². The molecule has 0 bridgehead atoms. The first-order chi connectivity index (χ1) is 9.17. The summed E-state index contributed by atoms with van der Waals surface area (Å²) in [6.07, 6.45) is 9.15. The lowest BCUT2D eigenvalue weighted by Gasteiger charge is -2.30. The van der Waals surface area contributed by atoms with Gasteiger partial charge < -0.3 is 15.3 Å². The summed E-state index contributed by atoms with van der Waals surface area (Å²) in [5, 5.41) is 13.1. The summed E-state index contributed by atoms with van der Waals surface area (Å²) in [6.45, 7) is 8.15. The highest BCUT2D eigenvalue weighted by Gasteiger charge is 2.33. The van der Waals surface area contributed by atoms with Crippen LogP contribution in [0.4, 0.5) is 0 Å². The molecule has 0 radical (unpaired) electrons. The second kappa shape index (κ2) is 7.05. The Morgan fingerprint density at radius 3 is 2.53 bits per heavy atom. The van der Waals surface area contributed by atoms with Crippen molar-refractivity contribution >= 4 is 0 Å². The third-order valence-electron chi connectivity index (χ3n) is 4.58. The van der Waals surface area contributed by atoms with Crippen LogP contribution in [0.25, 0.3) is 0 Å². The summed E-state index contributed by atoms with van der Waals surface area (Å²) in [5.74, 6) is 1.00. The van der Waals surface area contributed by atoms with Crippen molar-refractivity contribution in [2.75, 3.05) is 26.2 Å². The predicted molar refractivity (Wildman–Crippen MR) is 80.3 cm³/mol. The molecular formula is C16H32N2O. The minimum Gasteiger partial charge on any atom is -0.394 e. The average molecular weight is 268 g/mol. The Hall–Kier alpha value is -0.120. The molecule has 0 spiro atoms. The van der Waals surface area contributed by atoms with Gasteiger partial charge in [-0.25, -0.2) is 0 Å². The molecule has 0 aromatic heterocycles. The largest absolute Gasteiger partial charge is 0.394 e. The highest BCUT2D eigenvalue weighted by Crippen LogP contribution is 2.35. The monoisotopic (exact) mass is 268 g/mol. The second-order valence-electron chi connectivity index (χ2n) is 6.92. The van der Waals surface area contributed by atoms with Gasteiger partial charge >= 0.3 is 0 Å². The Bertz CT molecular complexity index is 263. The average Bonchev–Trinajstić information content (AvgIpc) is 3.28. The van der Waals surface area contributed by atoms with Gasteiger partial charge in [-0.15, -0.1) is 0 Å². The van der Waals surface area contributed by atoms with Crippen molar-refractivity contribution in [3.63, 3.8) is 0 Å². The molecule has 3 nitrogen and oxygen atoms in total. The van der Waals surface area contributed by atoms with E-state index in [1.807, 2.05) is 0 Å². The van der Waals surface area contributed by atoms with E-state index in [1.54, 1.807) is 0 Å². The Morgan fingerprint density at radius 2 is 2.00 bits per heavy atom. The SMILES string of the molecule is CCCNC(C)(CO)CCCN(CC1CC1)C1CC1. The molecule has 2 aliphatic rings. The fourth-order valence-electron chi connectivity index (χ4n) is 2.82. The van der Waals surface area contributed by atoms with E-state index in [4.69, 9.17) is 0 Å². The highest BCUT2D eigenvalue weighted by atomic mass is 16.3. The molecule has 2 aliphatic carbocycles. The highest BCUT2D eigenvalue weighted by molar-refractivity contribution is 4.89. The van der Waals surface area contributed by atoms with E-state index in [9.17, 15) is 5.11 Å². The molecule has 1 atom stereocenters. The number of aliphatic hydroxyl groups excluding tert-OH is 1. The molecule has 2 fully saturated rings. The lowest BCUT2D eigenvalue weighted by atomic mass is 9.96. The van der Waals surface area contributed by atoms with Gasteiger partial charge in [0.2, 0.25) is 0 Å². The van der Waals surface area contributed by atoms with Crippen LogP contribution < -0.4 is 5.32 Å². The number of nitrogens with zero attached hydrogens (tertiary/aromatic N) is 1. The zero-order valence-corrected chi connectivity index (χ0v) is 12.8. The molecular weight excluding hydrogens is 236 g/mol. The summed E-state index contributed by atoms with van der Waals surface area (Å²) < 4.78 is 0. The van der Waals surface area contributed by atoms with Gasteiger partial charge in [0.05, 0.1) is 6.61 Å². The quantitative estimate of drug-likeness (QED) is 0.604. The predicted octanol–water partition coefficient (Wildman–Crippen LogP) is 2.39. The number of aliphatic hydroxyl groups is 1. The molecule has 2 saturated carbocycles. The molecule has 0 aromatic rings. The standard InChI is InChI=1S/C16H32N2O/c1-3-10-17-16(2,13-19)9-4-11-18(15-7-8-15)12-14-5-6-14/h14-15,17,19H,3-13H2,1-2H3. The molecule has 0 heterocycles. The van der Waals surface area contributed by atoms with Crippen LogP contribution in [-0.2, 0) is 0 Å². The number of nitrogens with one attached hydrogen (secondary N) is 1. The van der Waals surface area contributed by atoms with E-state index in [1.165, 1.54) is 45.2 Å². The van der Waals surface area contributed by atoms with Crippen LogP contribution in [0.1, 0.15) is 58.8 Å². The molecule has 0 saturated heterocycles. The molecule has 19 heavy (non-hydrogen) atoms. The third-order valence-corrected chi connectivity index (χ3v) is 4.58. The van der Waals surface area contributed by atoms with Crippen molar-refractivity contribution in [2.45, 2.75) is 70.4 Å². The zero-order valence-electron chi connectivity index (χ0n) is 12.8. The number of hydrogen-bond acceptors (Lipinski definition) is 3. The first-order valence-corrected chi connectivity index (χ1v) is 8.27. The summed E-state index contributed by atoms with van der Waals surface area (Å²) in [4.78, 5) is 2.72. The van der Waals surface area contributed by atoms with Crippen LogP contribution in [0, 0.1) is 5.92 Å². The van der Waals surface area contributed by atoms with E-state index in [2.05, 4.69) is 24.1 Å². The second-order valence-corrected chi connectivity index (χ2v) is 6.92. The van der Waals surface area contributed by atoms with E-state index in [-0.39, 0.29) is 12.1 Å². The molecule has 0 aromatic carbocycles. The van der Waals surface area contributed by atoms with E-state index < -0.39 is 0 Å². The Balaban J connectivity index is 1.67. The van der Waals surface area contributed by atoms with Gasteiger partial charge in [-0.1, -0.05) is 6.92 Å². The zero-order chi connectivity index (χ0) is 13.7. The van der Waals surface area contributed by atoms with Crippen LogP contribution in [0.2, 0.25) is 0 Å². The Kier molecular flexibility index (Phi) is 5.67. The number of rotatable bonds is 11. The first-order valence-electron chi connectivity index (χ1n) is 8.27. The fraction of sp³-hybridized carbons (Fsp3) is 1.00. The van der Waals surface area contributed by atoms with Crippen LogP contribution in [0.3, 0.4) is 0 Å². The lowest BCUT2D eigenvalue weighted by Crippen LogP contribution is -2.46. The van der Waals surface area contributed by atoms with Crippen LogP contribution >= 0.6 is 0 Å². The van der Waals surface area contributed by atoms with Gasteiger partial charge in [0.25, 0.3) is 0 Å². The van der Waals surface area contributed by atoms with Gasteiger partial charge in [0.15, 0.2) is 0 Å². The van der Waals surface area contributed by atoms with Gasteiger partial charge in [0, 0.05) is 18.1 Å². The molecule has 3 heteroatoms. The smallest absolute Gasteiger partial charge is 0.0610 e. The summed E-state index contributed by atoms with van der Waals surface area (Å²) in [7, 11) is 0. The Morgan fingerprint density at radius 1 is 1.26 bits per heavy atom. The maximum atomic E-state index is 9.58. The van der Waals surface area contributed by atoms with E-state index >= 15 is 0 Å². The van der Waals surface area contributed by atoms with Gasteiger partial charge in [0.1, 0.15) is 0 Å². The van der Waals surface area contributed by atoms with E-state index in [0.29, 0.717) is 0 Å². The molecule has 2 rings (SSSR count). The van der Waals surface area contributed by atoms with Crippen molar-refractivity contribution in [3.8, 4) is 0 Å². The van der Waals surface area contributed by atoms with E-state index in [0.717, 1.165) is 31.3 Å². The van der Waals surface area contributed by atoms with Gasteiger partial charge in [-0.2, -0.15) is 0 Å². The maximum Gasteiger partial charge on any atom is 0.0610 e. The summed E-state index contributed by atoms with van der Waals surface area (Å²) >= 11 is 0. The van der Waals surface area contributed by atoms with Gasteiger partial charge in [-0.3, -0.25) is 0 Å².